The zero-order valence-corrected chi connectivity index (χ0v) is 10.7. The molecule has 2 rings (SSSR count). The summed E-state index contributed by atoms with van der Waals surface area (Å²) < 4.78 is 2.23. The van der Waals surface area contributed by atoms with Crippen LogP contribution in [0, 0.1) is 13.8 Å². The van der Waals surface area contributed by atoms with Gasteiger partial charge in [-0.1, -0.05) is 19.3 Å². The first-order valence-corrected chi connectivity index (χ1v) is 6.42. The van der Waals surface area contributed by atoms with E-state index in [2.05, 4.69) is 18.5 Å². The Bertz CT molecular complexity index is 359. The second-order valence-electron chi connectivity index (χ2n) is 5.11. The summed E-state index contributed by atoms with van der Waals surface area (Å²) in [5, 5.41) is 4.69. The number of nitrogens with zero attached hydrogens (tertiary/aromatic N) is 2. The summed E-state index contributed by atoms with van der Waals surface area (Å²) in [7, 11) is 0. The molecule has 0 aromatic carbocycles. The van der Waals surface area contributed by atoms with Crippen molar-refractivity contribution in [2.24, 2.45) is 5.73 Å². The van der Waals surface area contributed by atoms with E-state index in [4.69, 9.17) is 10.8 Å². The molecule has 1 fully saturated rings. The quantitative estimate of drug-likeness (QED) is 0.834. The van der Waals surface area contributed by atoms with Crippen LogP contribution in [-0.2, 0) is 0 Å². The molecule has 16 heavy (non-hydrogen) atoms. The summed E-state index contributed by atoms with van der Waals surface area (Å²) in [6.45, 7) is 6.28. The molecule has 0 aliphatic heterocycles. The Balaban J connectivity index is 2.30. The average Bonchev–Trinajstić information content (AvgIpc) is 2.55. The van der Waals surface area contributed by atoms with Crippen LogP contribution in [0.1, 0.15) is 68.1 Å². The number of hydrogen-bond donors (Lipinski definition) is 1. The van der Waals surface area contributed by atoms with Gasteiger partial charge in [-0.05, 0) is 33.6 Å². The van der Waals surface area contributed by atoms with Crippen molar-refractivity contribution < 1.29 is 0 Å². The van der Waals surface area contributed by atoms with Crippen molar-refractivity contribution >= 4 is 0 Å². The molecule has 3 heteroatoms. The van der Waals surface area contributed by atoms with Crippen LogP contribution in [0.3, 0.4) is 0 Å². The minimum atomic E-state index is 0.0948. The van der Waals surface area contributed by atoms with Gasteiger partial charge in [-0.25, -0.2) is 0 Å². The molecule has 0 bridgehead atoms. The van der Waals surface area contributed by atoms with Crippen molar-refractivity contribution in [1.82, 2.24) is 9.78 Å². The van der Waals surface area contributed by atoms with E-state index in [0.717, 1.165) is 5.69 Å². The number of nitrogens with two attached hydrogens (primary N) is 1. The van der Waals surface area contributed by atoms with E-state index in [-0.39, 0.29) is 6.04 Å². The predicted octanol–water partition coefficient (Wildman–Crippen LogP) is 3.02. The SMILES string of the molecule is Cc1nn(C2CCCCC2)c(C)c1C(C)N. The Kier molecular flexibility index (Phi) is 3.33. The predicted molar refractivity (Wildman–Crippen MR) is 66.4 cm³/mol. The molecular weight excluding hydrogens is 198 g/mol. The fourth-order valence-electron chi connectivity index (χ4n) is 3.02. The summed E-state index contributed by atoms with van der Waals surface area (Å²) in [5.74, 6) is 0. The monoisotopic (exact) mass is 221 g/mol. The molecule has 1 heterocycles. The molecule has 1 atom stereocenters. The number of aryl methyl sites for hydroxylation is 1. The lowest BCUT2D eigenvalue weighted by molar-refractivity contribution is 0.323. The second kappa shape index (κ2) is 4.58. The van der Waals surface area contributed by atoms with E-state index in [9.17, 15) is 0 Å². The minimum absolute atomic E-state index is 0.0948. The Hall–Kier alpha value is -0.830. The molecule has 2 N–H and O–H groups in total. The normalized spacial score (nSPS) is 20.0. The Labute approximate surface area is 98.0 Å². The summed E-state index contributed by atoms with van der Waals surface area (Å²) in [4.78, 5) is 0. The third-order valence-corrected chi connectivity index (χ3v) is 3.76. The topological polar surface area (TPSA) is 43.8 Å². The van der Waals surface area contributed by atoms with Crippen molar-refractivity contribution in [1.29, 1.82) is 0 Å². The van der Waals surface area contributed by atoms with Crippen LogP contribution in [-0.4, -0.2) is 9.78 Å². The molecule has 1 aromatic rings. The maximum atomic E-state index is 6.00. The molecule has 1 aliphatic rings. The fraction of sp³-hybridized carbons (Fsp3) is 0.769. The van der Waals surface area contributed by atoms with Gasteiger partial charge in [0.25, 0.3) is 0 Å². The second-order valence-corrected chi connectivity index (χ2v) is 5.11. The average molecular weight is 221 g/mol. The lowest BCUT2D eigenvalue weighted by Crippen LogP contribution is -2.16. The highest BCUT2D eigenvalue weighted by Gasteiger charge is 2.21. The van der Waals surface area contributed by atoms with E-state index >= 15 is 0 Å². The van der Waals surface area contributed by atoms with Gasteiger partial charge >= 0.3 is 0 Å². The third kappa shape index (κ3) is 2.01. The van der Waals surface area contributed by atoms with Crippen LogP contribution in [0.5, 0.6) is 0 Å². The molecule has 0 amide bonds. The standard InChI is InChI=1S/C13H23N3/c1-9(14)13-10(2)15-16(11(13)3)12-7-5-4-6-8-12/h9,12H,4-8,14H2,1-3H3. The highest BCUT2D eigenvalue weighted by atomic mass is 15.3. The maximum Gasteiger partial charge on any atom is 0.0644 e. The van der Waals surface area contributed by atoms with Crippen LogP contribution in [0.15, 0.2) is 0 Å². The Morgan fingerprint density at radius 3 is 2.38 bits per heavy atom. The van der Waals surface area contributed by atoms with Crippen LogP contribution in [0.25, 0.3) is 0 Å². The van der Waals surface area contributed by atoms with Crippen LogP contribution in [0.2, 0.25) is 0 Å². The molecule has 0 spiro atoms. The minimum Gasteiger partial charge on any atom is -0.324 e. The zero-order chi connectivity index (χ0) is 11.7. The number of rotatable bonds is 2. The van der Waals surface area contributed by atoms with Crippen molar-refractivity contribution in [2.45, 2.75) is 65.0 Å². The van der Waals surface area contributed by atoms with Gasteiger partial charge in [0, 0.05) is 17.3 Å². The van der Waals surface area contributed by atoms with Crippen molar-refractivity contribution in [2.75, 3.05) is 0 Å². The van der Waals surface area contributed by atoms with Crippen molar-refractivity contribution in [3.05, 3.63) is 17.0 Å². The molecule has 90 valence electrons. The van der Waals surface area contributed by atoms with E-state index in [1.165, 1.54) is 43.4 Å². The van der Waals surface area contributed by atoms with Crippen molar-refractivity contribution in [3.63, 3.8) is 0 Å². The molecule has 0 saturated heterocycles. The lowest BCUT2D eigenvalue weighted by atomic mass is 9.95. The van der Waals surface area contributed by atoms with Gasteiger partial charge in [-0.15, -0.1) is 0 Å². The summed E-state index contributed by atoms with van der Waals surface area (Å²) in [5.41, 5.74) is 9.63. The molecule has 1 aliphatic carbocycles. The van der Waals surface area contributed by atoms with Gasteiger partial charge in [0.15, 0.2) is 0 Å². The van der Waals surface area contributed by atoms with Gasteiger partial charge < -0.3 is 5.73 Å². The van der Waals surface area contributed by atoms with E-state index < -0.39 is 0 Å². The van der Waals surface area contributed by atoms with Gasteiger partial charge in [0.05, 0.1) is 11.7 Å². The van der Waals surface area contributed by atoms with Crippen LogP contribution < -0.4 is 5.73 Å². The van der Waals surface area contributed by atoms with Crippen LogP contribution in [0.4, 0.5) is 0 Å². The summed E-state index contributed by atoms with van der Waals surface area (Å²) in [6.07, 6.45) is 6.63. The fourth-order valence-corrected chi connectivity index (χ4v) is 3.02. The maximum absolute atomic E-state index is 6.00. The third-order valence-electron chi connectivity index (χ3n) is 3.76. The summed E-state index contributed by atoms with van der Waals surface area (Å²) >= 11 is 0. The van der Waals surface area contributed by atoms with Gasteiger partial charge in [-0.2, -0.15) is 5.10 Å². The van der Waals surface area contributed by atoms with Gasteiger partial charge in [-0.3, -0.25) is 4.68 Å². The molecule has 1 unspecified atom stereocenters. The zero-order valence-electron chi connectivity index (χ0n) is 10.7. The van der Waals surface area contributed by atoms with E-state index in [0.29, 0.717) is 6.04 Å². The molecule has 1 aromatic heterocycles. The van der Waals surface area contributed by atoms with E-state index in [1.54, 1.807) is 0 Å². The summed E-state index contributed by atoms with van der Waals surface area (Å²) in [6, 6.07) is 0.706. The first-order valence-electron chi connectivity index (χ1n) is 6.42. The molecule has 3 nitrogen and oxygen atoms in total. The Morgan fingerprint density at radius 2 is 1.88 bits per heavy atom. The smallest absolute Gasteiger partial charge is 0.0644 e. The highest BCUT2D eigenvalue weighted by molar-refractivity contribution is 5.27. The first-order chi connectivity index (χ1) is 7.61. The molecule has 0 radical (unpaired) electrons. The van der Waals surface area contributed by atoms with Gasteiger partial charge in [0.2, 0.25) is 0 Å². The first kappa shape index (κ1) is 11.6. The van der Waals surface area contributed by atoms with Gasteiger partial charge in [0.1, 0.15) is 0 Å². The van der Waals surface area contributed by atoms with Crippen LogP contribution >= 0.6 is 0 Å². The van der Waals surface area contributed by atoms with E-state index in [1.807, 2.05) is 6.92 Å². The lowest BCUT2D eigenvalue weighted by Gasteiger charge is -2.23. The van der Waals surface area contributed by atoms with Crippen molar-refractivity contribution in [3.8, 4) is 0 Å². The number of aromatic nitrogens is 2. The molecular formula is C13H23N3. The largest absolute Gasteiger partial charge is 0.324 e. The Morgan fingerprint density at radius 1 is 1.25 bits per heavy atom. The molecule has 1 saturated carbocycles. The number of hydrogen-bond acceptors (Lipinski definition) is 2. The highest BCUT2D eigenvalue weighted by Crippen LogP contribution is 2.31.